The van der Waals surface area contributed by atoms with Crippen LogP contribution in [0, 0.1) is 5.82 Å². The van der Waals surface area contributed by atoms with E-state index in [1.165, 1.54) is 21.9 Å². The van der Waals surface area contributed by atoms with Gasteiger partial charge >= 0.3 is 6.03 Å². The molecule has 3 aliphatic heterocycles. The Kier molecular flexibility index (Phi) is 9.00. The highest BCUT2D eigenvalue weighted by atomic mass is 35.5. The van der Waals surface area contributed by atoms with Crippen LogP contribution in [0.1, 0.15) is 12.8 Å². The first-order valence-corrected chi connectivity index (χ1v) is 10.4. The Balaban J connectivity index is 0.00000181. The molecule has 0 bridgehead atoms. The number of nitrogens with zero attached hydrogens (tertiary/aromatic N) is 6. The molecule has 1 atom stereocenters. The van der Waals surface area contributed by atoms with Crippen LogP contribution in [-0.2, 0) is 4.79 Å². The number of hydrogen-bond donors (Lipinski definition) is 0. The van der Waals surface area contributed by atoms with E-state index in [9.17, 15) is 14.0 Å². The molecule has 3 aliphatic rings. The van der Waals surface area contributed by atoms with Crippen LogP contribution in [0.2, 0.25) is 0 Å². The van der Waals surface area contributed by atoms with Crippen LogP contribution in [0.4, 0.5) is 14.9 Å². The fraction of sp³-hybridized carbons (Fsp3) is 0.524. The molecule has 0 aromatic heterocycles. The fourth-order valence-corrected chi connectivity index (χ4v) is 4.24. The Hall–Kier alpha value is -2.23. The maximum absolute atomic E-state index is 13.1. The topological polar surface area (TPSA) is 62.5 Å². The molecule has 1 aromatic rings. The standard InChI is InChI=1S/C21H28FN6O2.2ClH/c1-24-15-23-19-18(24)20(29)28(21(30)25(19)2)10-4-3-9-26-11-13-27(14-12-26)17-7-5-16(22)6-8-17;;/h5-8,15,18H,3-4,9-14H2,1-2H3;2*1H/q+1;;. The first-order chi connectivity index (χ1) is 14.5. The van der Waals surface area contributed by atoms with E-state index >= 15 is 0 Å². The second kappa shape index (κ2) is 11.1. The van der Waals surface area contributed by atoms with Gasteiger partial charge in [0.15, 0.2) is 0 Å². The quantitative estimate of drug-likeness (QED) is 0.454. The molecule has 3 heterocycles. The highest BCUT2D eigenvalue weighted by Crippen LogP contribution is 2.19. The summed E-state index contributed by atoms with van der Waals surface area (Å²) >= 11 is 0. The molecule has 11 heteroatoms. The number of imide groups is 1. The molecule has 0 spiro atoms. The molecule has 176 valence electrons. The van der Waals surface area contributed by atoms with Gasteiger partial charge < -0.3 is 4.90 Å². The number of unbranched alkanes of at least 4 members (excludes halogenated alkanes) is 1. The molecule has 0 saturated carbocycles. The molecule has 3 amide bonds. The van der Waals surface area contributed by atoms with E-state index in [2.05, 4.69) is 14.8 Å². The van der Waals surface area contributed by atoms with E-state index < -0.39 is 6.04 Å². The first kappa shape index (κ1) is 26.0. The van der Waals surface area contributed by atoms with Crippen LogP contribution < -0.4 is 4.90 Å². The van der Waals surface area contributed by atoms with Crippen molar-refractivity contribution in [1.29, 1.82) is 0 Å². The summed E-state index contributed by atoms with van der Waals surface area (Å²) in [6, 6.07) is 5.85. The maximum Gasteiger partial charge on any atom is 0.333 e. The Morgan fingerprint density at radius 3 is 2.31 bits per heavy atom. The number of hydrogen-bond acceptors (Lipinski definition) is 5. The van der Waals surface area contributed by atoms with Crippen molar-refractivity contribution in [2.45, 2.75) is 18.9 Å². The van der Waals surface area contributed by atoms with Gasteiger partial charge in [-0.15, -0.1) is 24.8 Å². The molecular formula is C21H30Cl2FN6O2+. The number of aliphatic imine (C=N–C) groups is 1. The zero-order valence-corrected chi connectivity index (χ0v) is 19.9. The Labute approximate surface area is 200 Å². The van der Waals surface area contributed by atoms with Gasteiger partial charge in [0.25, 0.3) is 24.1 Å². The first-order valence-electron chi connectivity index (χ1n) is 10.4. The van der Waals surface area contributed by atoms with Crippen LogP contribution in [0.5, 0.6) is 0 Å². The Morgan fingerprint density at radius 2 is 1.66 bits per heavy atom. The van der Waals surface area contributed by atoms with Gasteiger partial charge in [0.2, 0.25) is 0 Å². The highest BCUT2D eigenvalue weighted by Gasteiger charge is 2.50. The van der Waals surface area contributed by atoms with Crippen molar-refractivity contribution in [3.8, 4) is 0 Å². The number of amidine groups is 1. The molecule has 2 fully saturated rings. The van der Waals surface area contributed by atoms with Gasteiger partial charge in [-0.1, -0.05) is 0 Å². The van der Waals surface area contributed by atoms with Gasteiger partial charge in [-0.2, -0.15) is 0 Å². The lowest BCUT2D eigenvalue weighted by molar-refractivity contribution is -0.500. The van der Waals surface area contributed by atoms with Gasteiger partial charge in [0.05, 0.1) is 7.05 Å². The van der Waals surface area contributed by atoms with Crippen LogP contribution in [-0.4, -0.2) is 103 Å². The SMILES string of the molecule is CN1C(=O)N(CCCCN2CCN(c3ccc(F)cc3)CC2)C(=O)C2C1=NC=[N+]2C.Cl.Cl. The number of halogens is 3. The lowest BCUT2D eigenvalue weighted by atomic mass is 10.1. The molecule has 8 nitrogen and oxygen atoms in total. The summed E-state index contributed by atoms with van der Waals surface area (Å²) < 4.78 is 14.8. The van der Waals surface area contributed by atoms with Crippen molar-refractivity contribution in [3.05, 3.63) is 30.1 Å². The van der Waals surface area contributed by atoms with Crippen molar-refractivity contribution in [1.82, 2.24) is 14.7 Å². The zero-order valence-electron chi connectivity index (χ0n) is 18.3. The fourth-order valence-electron chi connectivity index (χ4n) is 4.24. The van der Waals surface area contributed by atoms with Gasteiger partial charge in [0.1, 0.15) is 5.82 Å². The minimum absolute atomic E-state index is 0. The number of piperazine rings is 1. The minimum atomic E-state index is -0.493. The van der Waals surface area contributed by atoms with Gasteiger partial charge in [-0.25, -0.2) is 13.8 Å². The smallest absolute Gasteiger partial charge is 0.333 e. The van der Waals surface area contributed by atoms with E-state index in [1.807, 2.05) is 12.1 Å². The zero-order chi connectivity index (χ0) is 21.3. The van der Waals surface area contributed by atoms with E-state index in [4.69, 9.17) is 0 Å². The minimum Gasteiger partial charge on any atom is -0.369 e. The molecule has 0 aliphatic carbocycles. The summed E-state index contributed by atoms with van der Waals surface area (Å²) in [6.07, 6.45) is 3.29. The number of amides is 3. The molecule has 32 heavy (non-hydrogen) atoms. The van der Waals surface area contributed by atoms with Gasteiger partial charge in [-0.3, -0.25) is 19.5 Å². The van der Waals surface area contributed by atoms with Crippen molar-refractivity contribution in [2.24, 2.45) is 4.99 Å². The van der Waals surface area contributed by atoms with Crippen LogP contribution >= 0.6 is 24.8 Å². The third kappa shape index (κ3) is 5.22. The molecule has 1 unspecified atom stereocenters. The van der Waals surface area contributed by atoms with Crippen LogP contribution in [0.15, 0.2) is 29.3 Å². The number of carbonyl (C=O) groups excluding carboxylic acids is 2. The van der Waals surface area contributed by atoms with Crippen molar-refractivity contribution >= 4 is 54.6 Å². The molecule has 1 aromatic carbocycles. The van der Waals surface area contributed by atoms with Crippen molar-refractivity contribution in [3.63, 3.8) is 0 Å². The summed E-state index contributed by atoms with van der Waals surface area (Å²) in [6.45, 7) is 5.08. The Morgan fingerprint density at radius 1 is 1.03 bits per heavy atom. The van der Waals surface area contributed by atoms with Crippen molar-refractivity contribution < 1.29 is 18.6 Å². The van der Waals surface area contributed by atoms with Gasteiger partial charge in [0, 0.05) is 45.5 Å². The average Bonchev–Trinajstić information content (AvgIpc) is 3.14. The summed E-state index contributed by atoms with van der Waals surface area (Å²) in [5, 5.41) is 0. The number of carbonyl (C=O) groups is 2. The van der Waals surface area contributed by atoms with E-state index in [0.717, 1.165) is 51.3 Å². The average molecular weight is 488 g/mol. The van der Waals surface area contributed by atoms with Crippen molar-refractivity contribution in [2.75, 3.05) is 58.3 Å². The molecule has 4 rings (SSSR count). The third-order valence-electron chi connectivity index (χ3n) is 6.06. The summed E-state index contributed by atoms with van der Waals surface area (Å²) in [7, 11) is 3.47. The van der Waals surface area contributed by atoms with Crippen LogP contribution in [0.25, 0.3) is 0 Å². The lowest BCUT2D eigenvalue weighted by Gasteiger charge is -2.36. The summed E-state index contributed by atoms with van der Waals surface area (Å²) in [5.41, 5.74) is 1.05. The number of benzene rings is 1. The molecular weight excluding hydrogens is 458 g/mol. The second-order valence-electron chi connectivity index (χ2n) is 8.01. The normalized spacial score (nSPS) is 21.0. The second-order valence-corrected chi connectivity index (χ2v) is 8.01. The monoisotopic (exact) mass is 487 g/mol. The number of likely N-dealkylation sites (N-methyl/N-ethyl adjacent to an activating group) is 2. The predicted octanol–water partition coefficient (Wildman–Crippen LogP) is 1.92. The van der Waals surface area contributed by atoms with E-state index in [0.29, 0.717) is 12.4 Å². The van der Waals surface area contributed by atoms with Gasteiger partial charge in [-0.05, 0) is 48.6 Å². The number of anilines is 1. The molecule has 0 radical (unpaired) electrons. The molecule has 0 N–H and O–H groups in total. The van der Waals surface area contributed by atoms with Crippen LogP contribution in [0.3, 0.4) is 0 Å². The van der Waals surface area contributed by atoms with E-state index in [-0.39, 0.29) is 42.6 Å². The summed E-state index contributed by atoms with van der Waals surface area (Å²) in [4.78, 5) is 37.0. The lowest BCUT2D eigenvalue weighted by Crippen LogP contribution is -2.62. The Bertz CT molecular complexity index is 887. The largest absolute Gasteiger partial charge is 0.369 e. The third-order valence-corrected chi connectivity index (χ3v) is 6.06. The number of urea groups is 1. The maximum atomic E-state index is 13.1. The predicted molar refractivity (Wildman–Crippen MR) is 127 cm³/mol. The number of fused-ring (bicyclic) bond motifs is 1. The molecule has 2 saturated heterocycles. The highest BCUT2D eigenvalue weighted by molar-refractivity contribution is 6.21. The van der Waals surface area contributed by atoms with E-state index in [1.54, 1.807) is 25.0 Å². The summed E-state index contributed by atoms with van der Waals surface area (Å²) in [5.74, 6) is 0.0965. The number of rotatable bonds is 6.